The van der Waals surface area contributed by atoms with E-state index in [0.717, 1.165) is 62.3 Å². The molecule has 0 aromatic heterocycles. The van der Waals surface area contributed by atoms with Crippen LogP contribution in [0.1, 0.15) is 54.9 Å². The number of amides is 1. The highest BCUT2D eigenvalue weighted by atomic mass is 32.2. The van der Waals surface area contributed by atoms with Gasteiger partial charge in [0.2, 0.25) is 0 Å². The lowest BCUT2D eigenvalue weighted by atomic mass is 10.1. The second-order valence-corrected chi connectivity index (χ2v) is 13.6. The lowest BCUT2D eigenvalue weighted by Gasteiger charge is -2.31. The molecule has 2 aliphatic heterocycles. The smallest absolute Gasteiger partial charge is 0.251 e. The van der Waals surface area contributed by atoms with Gasteiger partial charge in [-0.25, -0.2) is 8.42 Å². The van der Waals surface area contributed by atoms with Crippen LogP contribution in [0.4, 0.5) is 5.69 Å². The Labute approximate surface area is 260 Å². The minimum Gasteiger partial charge on any atom is -0.489 e. The molecule has 0 radical (unpaired) electrons. The molecule has 0 bridgehead atoms. The van der Waals surface area contributed by atoms with E-state index < -0.39 is 9.84 Å². The zero-order chi connectivity index (χ0) is 30.9. The first-order chi connectivity index (χ1) is 21.3. The molecule has 1 fully saturated rings. The van der Waals surface area contributed by atoms with Gasteiger partial charge in [-0.15, -0.1) is 0 Å². The molecule has 0 aliphatic carbocycles. The van der Waals surface area contributed by atoms with Gasteiger partial charge in [-0.1, -0.05) is 43.3 Å². The Balaban J connectivity index is 1.23. The van der Waals surface area contributed by atoms with E-state index in [1.807, 2.05) is 48.5 Å². The van der Waals surface area contributed by atoms with Crippen molar-refractivity contribution in [3.05, 3.63) is 94.6 Å². The Morgan fingerprint density at radius 3 is 2.34 bits per heavy atom. The van der Waals surface area contributed by atoms with E-state index in [0.29, 0.717) is 41.8 Å². The van der Waals surface area contributed by atoms with Crippen LogP contribution in [0.25, 0.3) is 6.08 Å². The van der Waals surface area contributed by atoms with Gasteiger partial charge in [0.15, 0.2) is 9.84 Å². The summed E-state index contributed by atoms with van der Waals surface area (Å²) in [4.78, 5) is 15.8. The topological polar surface area (TPSA) is 94.2 Å². The Hall–Kier alpha value is -3.50. The first kappa shape index (κ1) is 31.9. The van der Waals surface area contributed by atoms with E-state index in [-0.39, 0.29) is 23.0 Å². The lowest BCUT2D eigenvalue weighted by Crippen LogP contribution is -2.36. The summed E-state index contributed by atoms with van der Waals surface area (Å²) in [6, 6.07) is 21.3. The van der Waals surface area contributed by atoms with Gasteiger partial charge in [0.1, 0.15) is 12.4 Å². The number of benzene rings is 3. The summed E-state index contributed by atoms with van der Waals surface area (Å²) < 4.78 is 43.2. The van der Waals surface area contributed by atoms with Gasteiger partial charge in [-0.3, -0.25) is 9.69 Å². The molecular weight excluding hydrogens is 576 g/mol. The molecule has 3 aromatic rings. The summed E-state index contributed by atoms with van der Waals surface area (Å²) in [5.74, 6) is 0.0913. The highest BCUT2D eigenvalue weighted by Crippen LogP contribution is 2.30. The fourth-order valence-corrected chi connectivity index (χ4v) is 6.95. The number of carbonyl (C=O) groups is 1. The Bertz CT molecular complexity index is 1550. The van der Waals surface area contributed by atoms with E-state index in [1.165, 1.54) is 0 Å². The largest absolute Gasteiger partial charge is 0.489 e. The van der Waals surface area contributed by atoms with E-state index >= 15 is 0 Å². The van der Waals surface area contributed by atoms with Crippen LogP contribution >= 0.6 is 0 Å². The number of anilines is 1. The van der Waals surface area contributed by atoms with Gasteiger partial charge in [0, 0.05) is 43.7 Å². The fraction of sp³-hybridized carbons (Fsp3) is 0.400. The van der Waals surface area contributed by atoms with Crippen molar-refractivity contribution >= 4 is 27.5 Å². The number of nitrogens with zero attached hydrogens (tertiary/aromatic N) is 1. The maximum atomic E-state index is 13.3. The predicted octanol–water partition coefficient (Wildman–Crippen LogP) is 6.00. The van der Waals surface area contributed by atoms with Gasteiger partial charge in [0.25, 0.3) is 5.91 Å². The second-order valence-electron chi connectivity index (χ2n) is 11.5. The molecule has 8 nitrogen and oxygen atoms in total. The molecule has 0 spiro atoms. The highest BCUT2D eigenvalue weighted by Gasteiger charge is 2.25. The molecule has 1 saturated heterocycles. The summed E-state index contributed by atoms with van der Waals surface area (Å²) in [5, 5.41) is 2.95. The number of carbonyl (C=O) groups excluding carboxylic acids is 1. The number of hydrogen-bond donors (Lipinski definition) is 1. The summed E-state index contributed by atoms with van der Waals surface area (Å²) in [6.45, 7) is 6.16. The van der Waals surface area contributed by atoms with Crippen molar-refractivity contribution in [2.45, 2.75) is 63.3 Å². The maximum Gasteiger partial charge on any atom is 0.251 e. The molecule has 0 atom stereocenters. The number of fused-ring (bicyclic) bond motifs is 1. The van der Waals surface area contributed by atoms with Crippen molar-refractivity contribution in [3.8, 4) is 5.75 Å². The first-order valence-corrected chi connectivity index (χ1v) is 17.0. The zero-order valence-electron chi connectivity index (χ0n) is 25.6. The SMILES string of the molecule is CCCOCc1ccc(COc2ccc3c(c2)C=C(C(=O)Nc2ccc(CN(C)C4CCOCC4)cc2)CCS3(=O)=O)cc1. The van der Waals surface area contributed by atoms with Crippen LogP contribution in [0.5, 0.6) is 5.75 Å². The van der Waals surface area contributed by atoms with Crippen LogP contribution in [-0.2, 0) is 43.9 Å². The average Bonchev–Trinajstić information content (AvgIpc) is 3.17. The van der Waals surface area contributed by atoms with Crippen LogP contribution < -0.4 is 10.1 Å². The Kier molecular flexibility index (Phi) is 10.9. The van der Waals surface area contributed by atoms with E-state index in [2.05, 4.69) is 24.2 Å². The van der Waals surface area contributed by atoms with Crippen LogP contribution in [0.15, 0.2) is 77.2 Å². The zero-order valence-corrected chi connectivity index (χ0v) is 26.4. The highest BCUT2D eigenvalue weighted by molar-refractivity contribution is 7.91. The van der Waals surface area contributed by atoms with E-state index in [1.54, 1.807) is 24.3 Å². The molecule has 2 heterocycles. The quantitative estimate of drug-likeness (QED) is 0.249. The molecule has 234 valence electrons. The Morgan fingerprint density at radius 1 is 0.955 bits per heavy atom. The number of ether oxygens (including phenoxy) is 3. The first-order valence-electron chi connectivity index (χ1n) is 15.3. The monoisotopic (exact) mass is 618 g/mol. The number of sulfone groups is 1. The summed E-state index contributed by atoms with van der Waals surface area (Å²) >= 11 is 0. The average molecular weight is 619 g/mol. The third-order valence-electron chi connectivity index (χ3n) is 8.08. The van der Waals surface area contributed by atoms with Crippen LogP contribution in [0.2, 0.25) is 0 Å². The predicted molar refractivity (Wildman–Crippen MR) is 172 cm³/mol. The molecule has 1 amide bonds. The van der Waals surface area contributed by atoms with Crippen molar-refractivity contribution in [1.29, 1.82) is 0 Å². The molecule has 0 unspecified atom stereocenters. The molecule has 5 rings (SSSR count). The van der Waals surface area contributed by atoms with Gasteiger partial charge in [-0.05, 0) is 91.4 Å². The number of rotatable bonds is 12. The summed E-state index contributed by atoms with van der Waals surface area (Å²) in [6.07, 6.45) is 4.86. The third-order valence-corrected chi connectivity index (χ3v) is 9.86. The third kappa shape index (κ3) is 8.57. The fourth-order valence-electron chi connectivity index (χ4n) is 5.49. The van der Waals surface area contributed by atoms with Crippen molar-refractivity contribution in [3.63, 3.8) is 0 Å². The van der Waals surface area contributed by atoms with Gasteiger partial charge in [-0.2, -0.15) is 0 Å². The lowest BCUT2D eigenvalue weighted by molar-refractivity contribution is -0.112. The molecule has 0 saturated carbocycles. The standard InChI is InChI=1S/C35H42N2O6S/c1-3-17-42-24-27-4-6-28(7-5-27)25-43-33-12-13-34-30(22-33)21-29(16-20-44(34,39)40)35(38)36-31-10-8-26(9-11-31)23-37(2)32-14-18-41-19-15-32/h4-13,21-22,32H,3,14-20,23-25H2,1-2H3,(H,36,38). The second kappa shape index (κ2) is 15.0. The van der Waals surface area contributed by atoms with Gasteiger partial charge >= 0.3 is 0 Å². The Morgan fingerprint density at radius 2 is 1.64 bits per heavy atom. The summed E-state index contributed by atoms with van der Waals surface area (Å²) in [7, 11) is -1.42. The van der Waals surface area contributed by atoms with Crippen molar-refractivity contribution < 1.29 is 27.4 Å². The van der Waals surface area contributed by atoms with Crippen molar-refractivity contribution in [1.82, 2.24) is 4.90 Å². The number of nitrogens with one attached hydrogen (secondary N) is 1. The maximum absolute atomic E-state index is 13.3. The van der Waals surface area contributed by atoms with Crippen LogP contribution in [0, 0.1) is 0 Å². The molecule has 2 aliphatic rings. The minimum atomic E-state index is -3.55. The van der Waals surface area contributed by atoms with Gasteiger partial charge in [0.05, 0.1) is 17.3 Å². The number of hydrogen-bond acceptors (Lipinski definition) is 7. The van der Waals surface area contributed by atoms with Crippen molar-refractivity contribution in [2.75, 3.05) is 37.9 Å². The normalized spacial score (nSPS) is 16.6. The van der Waals surface area contributed by atoms with E-state index in [9.17, 15) is 13.2 Å². The molecular formula is C35H42N2O6S. The molecule has 1 N–H and O–H groups in total. The van der Waals surface area contributed by atoms with Crippen LogP contribution in [0.3, 0.4) is 0 Å². The van der Waals surface area contributed by atoms with Crippen LogP contribution in [-0.4, -0.2) is 57.9 Å². The molecule has 44 heavy (non-hydrogen) atoms. The summed E-state index contributed by atoms with van der Waals surface area (Å²) in [5.41, 5.74) is 4.79. The molecule has 3 aromatic carbocycles. The van der Waals surface area contributed by atoms with Crippen molar-refractivity contribution in [2.24, 2.45) is 0 Å². The van der Waals surface area contributed by atoms with Gasteiger partial charge < -0.3 is 19.5 Å². The minimum absolute atomic E-state index is 0.126. The molecule has 9 heteroatoms. The van der Waals surface area contributed by atoms with E-state index in [4.69, 9.17) is 14.2 Å².